The lowest BCUT2D eigenvalue weighted by Crippen LogP contribution is -2.18. The van der Waals surface area contributed by atoms with Crippen molar-refractivity contribution < 1.29 is 0 Å². The number of nitrogens with zero attached hydrogens (tertiary/aromatic N) is 3. The highest BCUT2D eigenvalue weighted by atomic mass is 15.3. The summed E-state index contributed by atoms with van der Waals surface area (Å²) in [6.07, 6.45) is 5.55. The van der Waals surface area contributed by atoms with E-state index in [4.69, 9.17) is 5.73 Å². The third-order valence-electron chi connectivity index (χ3n) is 4.56. The Morgan fingerprint density at radius 1 is 1.29 bits per heavy atom. The van der Waals surface area contributed by atoms with Crippen LogP contribution in [0.1, 0.15) is 63.1 Å². The Labute approximate surface area is 103 Å². The van der Waals surface area contributed by atoms with Gasteiger partial charge in [-0.2, -0.15) is 0 Å². The van der Waals surface area contributed by atoms with Crippen molar-refractivity contribution >= 4 is 0 Å². The second kappa shape index (κ2) is 4.09. The molecule has 3 rings (SSSR count). The topological polar surface area (TPSA) is 56.7 Å². The minimum Gasteiger partial charge on any atom is -0.324 e. The van der Waals surface area contributed by atoms with Crippen LogP contribution in [0.2, 0.25) is 0 Å². The average Bonchev–Trinajstić information content (AvgIpc) is 3.02. The van der Waals surface area contributed by atoms with Gasteiger partial charge in [-0.1, -0.05) is 6.42 Å². The predicted molar refractivity (Wildman–Crippen MR) is 66.5 cm³/mol. The van der Waals surface area contributed by atoms with Crippen LogP contribution in [-0.4, -0.2) is 14.8 Å². The lowest BCUT2D eigenvalue weighted by molar-refractivity contribution is 0.383. The van der Waals surface area contributed by atoms with Gasteiger partial charge in [-0.3, -0.25) is 0 Å². The molecule has 0 aliphatic heterocycles. The summed E-state index contributed by atoms with van der Waals surface area (Å²) in [5.74, 6) is 4.59. The molecule has 0 amide bonds. The number of fused-ring (bicyclic) bond motifs is 2. The van der Waals surface area contributed by atoms with E-state index in [2.05, 4.69) is 28.6 Å². The maximum atomic E-state index is 5.75. The van der Waals surface area contributed by atoms with Gasteiger partial charge in [-0.25, -0.2) is 0 Å². The van der Waals surface area contributed by atoms with Gasteiger partial charge in [-0.15, -0.1) is 10.2 Å². The van der Waals surface area contributed by atoms with Crippen molar-refractivity contribution in [3.63, 3.8) is 0 Å². The van der Waals surface area contributed by atoms with Gasteiger partial charge in [0.2, 0.25) is 0 Å². The van der Waals surface area contributed by atoms with Crippen LogP contribution in [0.15, 0.2) is 0 Å². The van der Waals surface area contributed by atoms with Crippen LogP contribution in [0.5, 0.6) is 0 Å². The lowest BCUT2D eigenvalue weighted by Gasteiger charge is -2.23. The fourth-order valence-electron chi connectivity index (χ4n) is 3.85. The Morgan fingerprint density at radius 2 is 2.12 bits per heavy atom. The van der Waals surface area contributed by atoms with Crippen LogP contribution in [0.4, 0.5) is 0 Å². The van der Waals surface area contributed by atoms with Crippen LogP contribution in [-0.2, 0) is 6.54 Å². The van der Waals surface area contributed by atoms with Crippen molar-refractivity contribution in [3.05, 3.63) is 11.6 Å². The Bertz CT molecular complexity index is 410. The highest BCUT2D eigenvalue weighted by molar-refractivity contribution is 5.10. The average molecular weight is 234 g/mol. The molecule has 2 N–H and O–H groups in total. The number of nitrogens with two attached hydrogens (primary N) is 1. The molecule has 2 fully saturated rings. The van der Waals surface area contributed by atoms with Crippen molar-refractivity contribution in [2.24, 2.45) is 17.6 Å². The zero-order valence-electron chi connectivity index (χ0n) is 10.8. The summed E-state index contributed by atoms with van der Waals surface area (Å²) in [5.41, 5.74) is 5.75. The molecule has 0 radical (unpaired) electrons. The fourth-order valence-corrected chi connectivity index (χ4v) is 3.85. The number of hydrogen-bond acceptors (Lipinski definition) is 3. The molecule has 0 aromatic carbocycles. The molecule has 2 saturated carbocycles. The van der Waals surface area contributed by atoms with Crippen LogP contribution < -0.4 is 5.73 Å². The minimum atomic E-state index is 0.415. The van der Waals surface area contributed by atoms with Gasteiger partial charge in [0.15, 0.2) is 0 Å². The smallest absolute Gasteiger partial charge is 0.147 e. The SMILES string of the molecule is CC(C)n1c(CN)nnc1C1CC2CCC1C2. The fraction of sp³-hybridized carbons (Fsp3) is 0.846. The molecule has 2 aliphatic rings. The summed E-state index contributed by atoms with van der Waals surface area (Å²) in [4.78, 5) is 0. The quantitative estimate of drug-likeness (QED) is 0.872. The monoisotopic (exact) mass is 234 g/mol. The second-order valence-electron chi connectivity index (χ2n) is 5.92. The summed E-state index contributed by atoms with van der Waals surface area (Å²) >= 11 is 0. The predicted octanol–water partition coefficient (Wildman–Crippen LogP) is 2.22. The highest BCUT2D eigenvalue weighted by Gasteiger charge is 2.42. The Morgan fingerprint density at radius 3 is 2.65 bits per heavy atom. The first-order valence-electron chi connectivity index (χ1n) is 6.84. The molecule has 3 atom stereocenters. The van der Waals surface area contributed by atoms with Gasteiger partial charge in [0.05, 0.1) is 6.54 Å². The van der Waals surface area contributed by atoms with Crippen LogP contribution in [0.25, 0.3) is 0 Å². The third-order valence-corrected chi connectivity index (χ3v) is 4.56. The molecule has 1 aromatic heterocycles. The van der Waals surface area contributed by atoms with E-state index in [0.29, 0.717) is 18.5 Å². The standard InChI is InChI=1S/C13H22N4/c1-8(2)17-12(7-14)15-16-13(17)11-6-9-3-4-10(11)5-9/h8-11H,3-7,14H2,1-2H3. The van der Waals surface area contributed by atoms with Crippen molar-refractivity contribution in [2.75, 3.05) is 0 Å². The molecule has 3 unspecified atom stereocenters. The first-order chi connectivity index (χ1) is 8.20. The molecule has 94 valence electrons. The zero-order valence-corrected chi connectivity index (χ0v) is 10.8. The maximum Gasteiger partial charge on any atom is 0.147 e. The molecule has 1 aromatic rings. The molecule has 4 heteroatoms. The van der Waals surface area contributed by atoms with E-state index < -0.39 is 0 Å². The molecule has 2 bridgehead atoms. The van der Waals surface area contributed by atoms with E-state index in [9.17, 15) is 0 Å². The number of rotatable bonds is 3. The Kier molecular flexibility index (Phi) is 2.69. The third kappa shape index (κ3) is 1.69. The van der Waals surface area contributed by atoms with Crippen LogP contribution in [0, 0.1) is 11.8 Å². The summed E-state index contributed by atoms with van der Waals surface area (Å²) in [5, 5.41) is 8.71. The minimum absolute atomic E-state index is 0.415. The molecule has 0 spiro atoms. The molecular weight excluding hydrogens is 212 g/mol. The van der Waals surface area contributed by atoms with E-state index in [0.717, 1.165) is 17.7 Å². The lowest BCUT2D eigenvalue weighted by atomic mass is 9.88. The summed E-state index contributed by atoms with van der Waals surface area (Å²) in [7, 11) is 0. The van der Waals surface area contributed by atoms with E-state index in [-0.39, 0.29) is 0 Å². The van der Waals surface area contributed by atoms with Crippen molar-refractivity contribution in [1.82, 2.24) is 14.8 Å². The largest absolute Gasteiger partial charge is 0.324 e. The molecule has 0 saturated heterocycles. The Balaban J connectivity index is 1.95. The van der Waals surface area contributed by atoms with Crippen molar-refractivity contribution in [3.8, 4) is 0 Å². The summed E-state index contributed by atoms with van der Waals surface area (Å²) in [6, 6.07) is 0.415. The summed E-state index contributed by atoms with van der Waals surface area (Å²) < 4.78 is 2.27. The van der Waals surface area contributed by atoms with Gasteiger partial charge in [0, 0.05) is 12.0 Å². The zero-order chi connectivity index (χ0) is 12.0. The molecular formula is C13H22N4. The normalized spacial score (nSPS) is 31.6. The highest BCUT2D eigenvalue weighted by Crippen LogP contribution is 2.52. The van der Waals surface area contributed by atoms with Gasteiger partial charge in [-0.05, 0) is 44.9 Å². The molecule has 17 heavy (non-hydrogen) atoms. The second-order valence-corrected chi connectivity index (χ2v) is 5.92. The van der Waals surface area contributed by atoms with E-state index in [1.54, 1.807) is 0 Å². The van der Waals surface area contributed by atoms with E-state index in [1.807, 2.05) is 0 Å². The van der Waals surface area contributed by atoms with Crippen LogP contribution in [0.3, 0.4) is 0 Å². The summed E-state index contributed by atoms with van der Waals surface area (Å²) in [6.45, 7) is 4.88. The molecule has 1 heterocycles. The first kappa shape index (κ1) is 11.2. The molecule has 4 nitrogen and oxygen atoms in total. The van der Waals surface area contributed by atoms with E-state index in [1.165, 1.54) is 31.5 Å². The number of aromatic nitrogens is 3. The number of hydrogen-bond donors (Lipinski definition) is 1. The van der Waals surface area contributed by atoms with E-state index >= 15 is 0 Å². The van der Waals surface area contributed by atoms with Crippen LogP contribution >= 0.6 is 0 Å². The van der Waals surface area contributed by atoms with Crippen molar-refractivity contribution in [1.29, 1.82) is 0 Å². The van der Waals surface area contributed by atoms with Crippen molar-refractivity contribution in [2.45, 2.75) is 58.0 Å². The maximum absolute atomic E-state index is 5.75. The Hall–Kier alpha value is -0.900. The molecule has 2 aliphatic carbocycles. The van der Waals surface area contributed by atoms with Gasteiger partial charge < -0.3 is 10.3 Å². The van der Waals surface area contributed by atoms with Gasteiger partial charge in [0.1, 0.15) is 11.6 Å². The first-order valence-corrected chi connectivity index (χ1v) is 6.84. The van der Waals surface area contributed by atoms with Gasteiger partial charge >= 0.3 is 0 Å². The van der Waals surface area contributed by atoms with Gasteiger partial charge in [0.25, 0.3) is 0 Å².